The predicted octanol–water partition coefficient (Wildman–Crippen LogP) is 4.61. The highest BCUT2D eigenvalue weighted by molar-refractivity contribution is 5.85. The number of hydrogen-bond donors (Lipinski definition) is 2. The minimum absolute atomic E-state index is 0.166. The van der Waals surface area contributed by atoms with Crippen LogP contribution in [0.2, 0.25) is 0 Å². The van der Waals surface area contributed by atoms with Gasteiger partial charge in [0.15, 0.2) is 0 Å². The van der Waals surface area contributed by atoms with Gasteiger partial charge in [-0.2, -0.15) is 5.26 Å². The van der Waals surface area contributed by atoms with E-state index in [-0.39, 0.29) is 5.92 Å². The molecule has 0 bridgehead atoms. The van der Waals surface area contributed by atoms with E-state index in [9.17, 15) is 5.26 Å². The Labute approximate surface area is 164 Å². The fraction of sp³-hybridized carbons (Fsp3) is 0.391. The molecule has 5 heteroatoms. The van der Waals surface area contributed by atoms with E-state index >= 15 is 0 Å². The van der Waals surface area contributed by atoms with Crippen LogP contribution >= 0.6 is 0 Å². The maximum Gasteiger partial charge on any atom is 0.137 e. The van der Waals surface area contributed by atoms with Crippen LogP contribution < -0.4 is 10.1 Å². The zero-order valence-electron chi connectivity index (χ0n) is 16.1. The van der Waals surface area contributed by atoms with Crippen molar-refractivity contribution in [3.8, 4) is 22.9 Å². The van der Waals surface area contributed by atoms with Crippen molar-refractivity contribution in [3.05, 3.63) is 47.3 Å². The Morgan fingerprint density at radius 2 is 2.18 bits per heavy atom. The van der Waals surface area contributed by atoms with Gasteiger partial charge in [0.05, 0.1) is 18.6 Å². The Morgan fingerprint density at radius 3 is 3.00 bits per heavy atom. The zero-order chi connectivity index (χ0) is 19.1. The number of pyridine rings is 1. The summed E-state index contributed by atoms with van der Waals surface area (Å²) in [7, 11) is 0. The van der Waals surface area contributed by atoms with Crippen LogP contribution in [0.25, 0.3) is 22.2 Å². The van der Waals surface area contributed by atoms with Crippen molar-refractivity contribution in [3.63, 3.8) is 0 Å². The number of aromatic nitrogens is 2. The summed E-state index contributed by atoms with van der Waals surface area (Å²) in [6.07, 6.45) is 8.31. The number of nitrogens with zero attached hydrogens (tertiary/aromatic N) is 2. The molecule has 0 saturated carbocycles. The summed E-state index contributed by atoms with van der Waals surface area (Å²) in [6, 6.07) is 9.40. The van der Waals surface area contributed by atoms with Crippen molar-refractivity contribution in [2.24, 2.45) is 0 Å². The molecule has 142 valence electrons. The molecular formula is C23H24N4O. The summed E-state index contributed by atoms with van der Waals surface area (Å²) < 4.78 is 6.08. The molecule has 0 amide bonds. The summed E-state index contributed by atoms with van der Waals surface area (Å²) in [5, 5.41) is 14.0. The number of aryl methyl sites for hydroxylation is 1. The molecule has 1 saturated heterocycles. The van der Waals surface area contributed by atoms with Crippen LogP contribution in [0.3, 0.4) is 0 Å². The molecule has 2 aliphatic rings. The second-order valence-corrected chi connectivity index (χ2v) is 7.87. The fourth-order valence-electron chi connectivity index (χ4n) is 4.50. The summed E-state index contributed by atoms with van der Waals surface area (Å²) in [5.74, 6) is 0.921. The molecule has 2 N–H and O–H groups in total. The van der Waals surface area contributed by atoms with Crippen molar-refractivity contribution in [2.45, 2.75) is 44.6 Å². The van der Waals surface area contributed by atoms with Crippen LogP contribution in [0.1, 0.15) is 54.8 Å². The van der Waals surface area contributed by atoms with Gasteiger partial charge in [0.1, 0.15) is 11.4 Å². The molecule has 5 nitrogen and oxygen atoms in total. The molecule has 0 spiro atoms. The second kappa shape index (κ2) is 6.96. The molecule has 1 fully saturated rings. The molecule has 4 heterocycles. The summed E-state index contributed by atoms with van der Waals surface area (Å²) in [4.78, 5) is 7.82. The minimum atomic E-state index is -0.166. The van der Waals surface area contributed by atoms with Crippen LogP contribution in [-0.4, -0.2) is 23.1 Å². The first-order valence-electron chi connectivity index (χ1n) is 10.1. The largest absolute Gasteiger partial charge is 0.493 e. The van der Waals surface area contributed by atoms with Crippen molar-refractivity contribution >= 4 is 11.0 Å². The number of aromatic amines is 1. The van der Waals surface area contributed by atoms with Gasteiger partial charge in [-0.15, -0.1) is 0 Å². The maximum atomic E-state index is 9.34. The van der Waals surface area contributed by atoms with Gasteiger partial charge in [-0.25, -0.2) is 4.98 Å². The van der Waals surface area contributed by atoms with E-state index < -0.39 is 0 Å². The van der Waals surface area contributed by atoms with E-state index in [1.807, 2.05) is 19.3 Å². The lowest BCUT2D eigenvalue weighted by Gasteiger charge is -2.24. The van der Waals surface area contributed by atoms with E-state index in [0.717, 1.165) is 60.3 Å². The lowest BCUT2D eigenvalue weighted by Crippen LogP contribution is -2.17. The molecular weight excluding hydrogens is 348 g/mol. The lowest BCUT2D eigenvalue weighted by molar-refractivity contribution is 0.282. The Balaban J connectivity index is 1.64. The SMILES string of the molecule is C[C@@H](C#N)c1c[nH]c2ncc(-c3cc4c(c([C@@H]5CCCN5)c3)OCCC4)cc12. The van der Waals surface area contributed by atoms with Gasteiger partial charge in [-0.3, -0.25) is 0 Å². The highest BCUT2D eigenvalue weighted by atomic mass is 16.5. The fourth-order valence-corrected chi connectivity index (χ4v) is 4.50. The van der Waals surface area contributed by atoms with Crippen LogP contribution in [0, 0.1) is 11.3 Å². The maximum absolute atomic E-state index is 9.34. The lowest BCUT2D eigenvalue weighted by atomic mass is 9.91. The molecule has 0 unspecified atom stereocenters. The van der Waals surface area contributed by atoms with Gasteiger partial charge in [0, 0.05) is 34.9 Å². The number of fused-ring (bicyclic) bond motifs is 2. The number of hydrogen-bond acceptors (Lipinski definition) is 4. The zero-order valence-corrected chi connectivity index (χ0v) is 16.1. The van der Waals surface area contributed by atoms with Crippen molar-refractivity contribution in [2.75, 3.05) is 13.2 Å². The number of rotatable bonds is 3. The van der Waals surface area contributed by atoms with Gasteiger partial charge in [-0.05, 0) is 74.0 Å². The Kier molecular flexibility index (Phi) is 4.29. The molecule has 0 radical (unpaired) electrons. The van der Waals surface area contributed by atoms with Crippen molar-refractivity contribution < 1.29 is 4.74 Å². The van der Waals surface area contributed by atoms with E-state index in [2.05, 4.69) is 39.6 Å². The molecule has 5 rings (SSSR count). The summed E-state index contributed by atoms with van der Waals surface area (Å²) in [6.45, 7) is 3.80. The average Bonchev–Trinajstić information content (AvgIpc) is 3.42. The molecule has 0 aliphatic carbocycles. The first-order chi connectivity index (χ1) is 13.7. The average molecular weight is 372 g/mol. The van der Waals surface area contributed by atoms with Gasteiger partial charge < -0.3 is 15.0 Å². The van der Waals surface area contributed by atoms with Crippen LogP contribution in [-0.2, 0) is 6.42 Å². The van der Waals surface area contributed by atoms with E-state index in [1.165, 1.54) is 23.1 Å². The minimum Gasteiger partial charge on any atom is -0.493 e. The number of ether oxygens (including phenoxy) is 1. The van der Waals surface area contributed by atoms with Crippen LogP contribution in [0.15, 0.2) is 30.6 Å². The van der Waals surface area contributed by atoms with Gasteiger partial charge in [0.25, 0.3) is 0 Å². The summed E-state index contributed by atoms with van der Waals surface area (Å²) in [5.41, 5.74) is 6.69. The van der Waals surface area contributed by atoms with Gasteiger partial charge >= 0.3 is 0 Å². The monoisotopic (exact) mass is 372 g/mol. The number of nitriles is 1. The van der Waals surface area contributed by atoms with Crippen molar-refractivity contribution in [1.29, 1.82) is 5.26 Å². The number of nitrogens with one attached hydrogen (secondary N) is 2. The molecule has 2 aromatic heterocycles. The Bertz CT molecular complexity index is 1070. The quantitative estimate of drug-likeness (QED) is 0.704. The standard InChI is InChI=1S/C23H24N4O/c1-14(11-24)20-13-27-23-18(20)10-17(12-26-23)16-8-15-4-3-7-28-22(15)19(9-16)21-5-2-6-25-21/h8-10,12-14,21,25H,2-7H2,1H3,(H,26,27)/t14-,21-/m0/s1. The molecule has 2 atom stereocenters. The van der Waals surface area contributed by atoms with Crippen molar-refractivity contribution in [1.82, 2.24) is 15.3 Å². The predicted molar refractivity (Wildman–Crippen MR) is 109 cm³/mol. The van der Waals surface area contributed by atoms with Crippen LogP contribution in [0.5, 0.6) is 5.75 Å². The van der Waals surface area contributed by atoms with E-state index in [1.54, 1.807) is 0 Å². The Hall–Kier alpha value is -2.84. The first kappa shape index (κ1) is 17.3. The molecule has 1 aromatic carbocycles. The normalized spacial score (nSPS) is 19.8. The smallest absolute Gasteiger partial charge is 0.137 e. The molecule has 3 aromatic rings. The third-order valence-corrected chi connectivity index (χ3v) is 6.02. The number of benzene rings is 1. The van der Waals surface area contributed by atoms with Crippen LogP contribution in [0.4, 0.5) is 0 Å². The first-order valence-corrected chi connectivity index (χ1v) is 10.1. The Morgan fingerprint density at radius 1 is 1.25 bits per heavy atom. The van der Waals surface area contributed by atoms with E-state index in [4.69, 9.17) is 4.74 Å². The third-order valence-electron chi connectivity index (χ3n) is 6.02. The summed E-state index contributed by atoms with van der Waals surface area (Å²) >= 11 is 0. The highest BCUT2D eigenvalue weighted by Crippen LogP contribution is 2.40. The molecule has 2 aliphatic heterocycles. The molecule has 28 heavy (non-hydrogen) atoms. The topological polar surface area (TPSA) is 73.7 Å². The van der Waals surface area contributed by atoms with Gasteiger partial charge in [0.2, 0.25) is 0 Å². The van der Waals surface area contributed by atoms with E-state index in [0.29, 0.717) is 6.04 Å². The second-order valence-electron chi connectivity index (χ2n) is 7.87. The number of H-pyrrole nitrogens is 1. The highest BCUT2D eigenvalue weighted by Gasteiger charge is 2.25. The van der Waals surface area contributed by atoms with Gasteiger partial charge in [-0.1, -0.05) is 0 Å². The third kappa shape index (κ3) is 2.85.